The number of carboxylic acids is 1. The summed E-state index contributed by atoms with van der Waals surface area (Å²) in [4.78, 5) is 21.0. The van der Waals surface area contributed by atoms with Crippen LogP contribution in [-0.4, -0.2) is 29.3 Å². The van der Waals surface area contributed by atoms with Crippen molar-refractivity contribution in [1.82, 2.24) is 10.5 Å². The van der Waals surface area contributed by atoms with Crippen molar-refractivity contribution in [3.8, 4) is 16.3 Å². The Bertz CT molecular complexity index is 970. The zero-order valence-corrected chi connectivity index (χ0v) is 16.8. The van der Waals surface area contributed by atoms with Gasteiger partial charge in [0.1, 0.15) is 24.0 Å². The zero-order valence-electron chi connectivity index (χ0n) is 16.0. The molecule has 3 aromatic rings. The number of benzene rings is 2. The van der Waals surface area contributed by atoms with Crippen LogP contribution in [0.25, 0.3) is 16.3 Å². The Morgan fingerprint density at radius 1 is 1.17 bits per heavy atom. The van der Waals surface area contributed by atoms with Crippen LogP contribution in [0.15, 0.2) is 66.1 Å². The summed E-state index contributed by atoms with van der Waals surface area (Å²) >= 11 is 1.58. The first-order chi connectivity index (χ1) is 14.2. The summed E-state index contributed by atoms with van der Waals surface area (Å²) in [6, 6.07) is 17.1. The maximum absolute atomic E-state index is 10.8. The lowest BCUT2D eigenvalue weighted by molar-refractivity contribution is -0.136. The number of carboxylic acid groups (broad SMARTS) is 1. The number of aliphatic carboxylic acids is 1. The van der Waals surface area contributed by atoms with Crippen molar-refractivity contribution in [1.29, 1.82) is 0 Å². The number of hydroxylamine groups is 1. The van der Waals surface area contributed by atoms with Crippen molar-refractivity contribution in [2.24, 2.45) is 0 Å². The van der Waals surface area contributed by atoms with Gasteiger partial charge >= 0.3 is 5.97 Å². The van der Waals surface area contributed by atoms with E-state index in [9.17, 15) is 4.79 Å². The minimum Gasteiger partial charge on any atom is -0.491 e. The van der Waals surface area contributed by atoms with Crippen LogP contribution in [0.3, 0.4) is 0 Å². The lowest BCUT2D eigenvalue weighted by Gasteiger charge is -2.10. The van der Waals surface area contributed by atoms with Gasteiger partial charge in [0.2, 0.25) is 0 Å². The van der Waals surface area contributed by atoms with E-state index in [0.717, 1.165) is 22.0 Å². The first-order valence-electron chi connectivity index (χ1n) is 9.14. The number of nitrogens with zero attached hydrogens (tertiary/aromatic N) is 1. The number of carbonyl (C=O) groups is 1. The Hall–Kier alpha value is -3.16. The molecule has 0 aliphatic rings. The average molecular weight is 410 g/mol. The molecule has 0 aliphatic heterocycles. The minimum atomic E-state index is -0.869. The molecule has 150 valence electrons. The topological polar surface area (TPSA) is 80.7 Å². The molecule has 0 aliphatic carbocycles. The quantitative estimate of drug-likeness (QED) is 0.381. The largest absolute Gasteiger partial charge is 0.491 e. The smallest absolute Gasteiger partial charge is 0.307 e. The molecule has 0 atom stereocenters. The molecule has 2 N–H and O–H groups in total. The van der Waals surface area contributed by atoms with Gasteiger partial charge in [0.05, 0.1) is 17.8 Å². The van der Waals surface area contributed by atoms with Crippen molar-refractivity contribution in [2.75, 3.05) is 13.2 Å². The summed E-state index contributed by atoms with van der Waals surface area (Å²) in [6.07, 6.45) is 1.87. The molecule has 0 amide bonds. The van der Waals surface area contributed by atoms with Crippen molar-refractivity contribution in [3.63, 3.8) is 0 Å². The standard InChI is InChI=1S/C22H22N2O4S/c1-2-19(20-15-29-22(23-20)17-8-4-3-5-9-17)24-28-12-11-27-18-10-6-7-16(13-18)14-21(25)26/h2-10,13,15,24H,11-12,14H2,1H3,(H,25,26). The van der Waals surface area contributed by atoms with E-state index in [1.807, 2.05) is 48.7 Å². The SMILES string of the molecule is CC=C(NOCCOc1cccc(CC(=O)O)c1)c1csc(-c2ccccc2)n1. The number of aromatic nitrogens is 1. The summed E-state index contributed by atoms with van der Waals surface area (Å²) in [5.74, 6) is -0.253. The molecule has 7 heteroatoms. The molecule has 0 unspecified atom stereocenters. The molecular formula is C22H22N2O4S. The van der Waals surface area contributed by atoms with Crippen LogP contribution in [0.1, 0.15) is 18.2 Å². The molecular weight excluding hydrogens is 388 g/mol. The van der Waals surface area contributed by atoms with E-state index < -0.39 is 5.97 Å². The highest BCUT2D eigenvalue weighted by Gasteiger charge is 2.08. The predicted octanol–water partition coefficient (Wildman–Crippen LogP) is 4.40. The fourth-order valence-electron chi connectivity index (χ4n) is 2.62. The van der Waals surface area contributed by atoms with E-state index >= 15 is 0 Å². The van der Waals surface area contributed by atoms with E-state index in [2.05, 4.69) is 10.5 Å². The Labute approximate surface area is 173 Å². The zero-order chi connectivity index (χ0) is 20.5. The molecule has 0 fully saturated rings. The molecule has 0 radical (unpaired) electrons. The second kappa shape index (κ2) is 10.4. The third-order valence-corrected chi connectivity index (χ3v) is 4.87. The van der Waals surface area contributed by atoms with Crippen LogP contribution >= 0.6 is 11.3 Å². The molecule has 0 bridgehead atoms. The van der Waals surface area contributed by atoms with Crippen molar-refractivity contribution < 1.29 is 19.5 Å². The summed E-state index contributed by atoms with van der Waals surface area (Å²) < 4.78 is 5.62. The van der Waals surface area contributed by atoms with E-state index in [4.69, 9.17) is 14.7 Å². The molecule has 0 spiro atoms. The second-order valence-electron chi connectivity index (χ2n) is 6.12. The molecule has 6 nitrogen and oxygen atoms in total. The Balaban J connectivity index is 1.46. The van der Waals surface area contributed by atoms with Crippen LogP contribution in [0.5, 0.6) is 5.75 Å². The average Bonchev–Trinajstić information content (AvgIpc) is 3.21. The number of ether oxygens (including phenoxy) is 1. The van der Waals surface area contributed by atoms with Crippen molar-refractivity contribution in [2.45, 2.75) is 13.3 Å². The van der Waals surface area contributed by atoms with Gasteiger partial charge in [-0.1, -0.05) is 48.5 Å². The Kier molecular flexibility index (Phi) is 7.38. The van der Waals surface area contributed by atoms with Gasteiger partial charge in [-0.15, -0.1) is 11.3 Å². The number of nitrogens with one attached hydrogen (secondary N) is 1. The number of rotatable bonds is 10. The monoisotopic (exact) mass is 410 g/mol. The molecule has 2 aromatic carbocycles. The first kappa shape index (κ1) is 20.6. The van der Waals surface area contributed by atoms with Gasteiger partial charge in [-0.2, -0.15) is 0 Å². The minimum absolute atomic E-state index is 0.0292. The van der Waals surface area contributed by atoms with Crippen LogP contribution in [-0.2, 0) is 16.1 Å². The van der Waals surface area contributed by atoms with E-state index in [-0.39, 0.29) is 6.42 Å². The van der Waals surface area contributed by atoms with Gasteiger partial charge < -0.3 is 9.84 Å². The van der Waals surface area contributed by atoms with Gasteiger partial charge in [-0.25, -0.2) is 4.98 Å². The molecule has 3 rings (SSSR count). The number of thiazole rings is 1. The van der Waals surface area contributed by atoms with E-state index in [1.54, 1.807) is 35.6 Å². The maximum atomic E-state index is 10.8. The Morgan fingerprint density at radius 3 is 2.76 bits per heavy atom. The second-order valence-corrected chi connectivity index (χ2v) is 6.98. The molecule has 1 aromatic heterocycles. The predicted molar refractivity (Wildman–Crippen MR) is 114 cm³/mol. The highest BCUT2D eigenvalue weighted by molar-refractivity contribution is 7.13. The van der Waals surface area contributed by atoms with Gasteiger partial charge in [-0.3, -0.25) is 15.1 Å². The molecule has 1 heterocycles. The van der Waals surface area contributed by atoms with E-state index in [0.29, 0.717) is 24.5 Å². The third kappa shape index (κ3) is 6.17. The van der Waals surface area contributed by atoms with Crippen LogP contribution in [0.4, 0.5) is 0 Å². The van der Waals surface area contributed by atoms with Crippen molar-refractivity contribution >= 4 is 23.0 Å². The van der Waals surface area contributed by atoms with Gasteiger partial charge in [-0.05, 0) is 24.6 Å². The lowest BCUT2D eigenvalue weighted by Crippen LogP contribution is -2.18. The highest BCUT2D eigenvalue weighted by Crippen LogP contribution is 2.25. The molecule has 29 heavy (non-hydrogen) atoms. The van der Waals surface area contributed by atoms with Crippen molar-refractivity contribution in [3.05, 3.63) is 77.3 Å². The highest BCUT2D eigenvalue weighted by atomic mass is 32.1. The summed E-state index contributed by atoms with van der Waals surface area (Å²) in [5, 5.41) is 11.8. The fraction of sp³-hybridized carbons (Fsp3) is 0.182. The number of allylic oxidation sites excluding steroid dienone is 1. The number of hydrogen-bond acceptors (Lipinski definition) is 6. The van der Waals surface area contributed by atoms with Gasteiger partial charge in [0, 0.05) is 10.9 Å². The van der Waals surface area contributed by atoms with Gasteiger partial charge in [0.15, 0.2) is 0 Å². The fourth-order valence-corrected chi connectivity index (χ4v) is 3.45. The lowest BCUT2D eigenvalue weighted by atomic mass is 10.1. The number of hydrogen-bond donors (Lipinski definition) is 2. The van der Waals surface area contributed by atoms with E-state index in [1.165, 1.54) is 0 Å². The van der Waals surface area contributed by atoms with Crippen LogP contribution in [0.2, 0.25) is 0 Å². The van der Waals surface area contributed by atoms with Crippen LogP contribution in [0, 0.1) is 0 Å². The summed E-state index contributed by atoms with van der Waals surface area (Å²) in [6.45, 7) is 2.56. The van der Waals surface area contributed by atoms with Crippen LogP contribution < -0.4 is 10.2 Å². The summed E-state index contributed by atoms with van der Waals surface area (Å²) in [5.41, 5.74) is 6.30. The van der Waals surface area contributed by atoms with Gasteiger partial charge in [0.25, 0.3) is 0 Å². The first-order valence-corrected chi connectivity index (χ1v) is 10.0. The normalized spacial score (nSPS) is 11.3. The maximum Gasteiger partial charge on any atom is 0.307 e. The third-order valence-electron chi connectivity index (χ3n) is 3.98. The summed E-state index contributed by atoms with van der Waals surface area (Å²) in [7, 11) is 0. The Morgan fingerprint density at radius 2 is 2.00 bits per heavy atom. The molecule has 0 saturated carbocycles. The molecule has 0 saturated heterocycles.